The zero-order chi connectivity index (χ0) is 14.5. The van der Waals surface area contributed by atoms with Gasteiger partial charge in [-0.2, -0.15) is 0 Å². The number of carboxylic acids is 1. The summed E-state index contributed by atoms with van der Waals surface area (Å²) in [5, 5.41) is 8.91. The maximum Gasteiger partial charge on any atom is 0.335 e. The number of carbonyl (C=O) groups is 1. The number of hydrogen-bond donors (Lipinski definition) is 1. The van der Waals surface area contributed by atoms with Gasteiger partial charge in [0.1, 0.15) is 0 Å². The molecule has 3 nitrogen and oxygen atoms in total. The first kappa shape index (κ1) is 14.8. The summed E-state index contributed by atoms with van der Waals surface area (Å²) in [4.78, 5) is 10.9. The summed E-state index contributed by atoms with van der Waals surface area (Å²) in [7, 11) is 0. The maximum absolute atomic E-state index is 10.9. The van der Waals surface area contributed by atoms with E-state index >= 15 is 0 Å². The van der Waals surface area contributed by atoms with Crippen molar-refractivity contribution < 1.29 is 14.6 Å². The van der Waals surface area contributed by atoms with E-state index in [9.17, 15) is 4.79 Å². The molecule has 0 atom stereocenters. The van der Waals surface area contributed by atoms with Crippen molar-refractivity contribution in [2.45, 2.75) is 20.1 Å². The highest BCUT2D eigenvalue weighted by atomic mass is 79.9. The van der Waals surface area contributed by atoms with Gasteiger partial charge in [0.2, 0.25) is 0 Å². The Morgan fingerprint density at radius 3 is 2.45 bits per heavy atom. The summed E-state index contributed by atoms with van der Waals surface area (Å²) >= 11 is 3.39. The maximum atomic E-state index is 10.9. The lowest BCUT2D eigenvalue weighted by Gasteiger charge is -2.08. The van der Waals surface area contributed by atoms with Crippen molar-refractivity contribution in [3.05, 3.63) is 69.2 Å². The minimum Gasteiger partial charge on any atom is -0.478 e. The molecule has 4 heteroatoms. The third-order valence-corrected chi connectivity index (χ3v) is 3.56. The molecule has 0 aliphatic carbocycles. The fraction of sp³-hybridized carbons (Fsp3) is 0.188. The van der Waals surface area contributed by atoms with Gasteiger partial charge in [0.25, 0.3) is 0 Å². The minimum absolute atomic E-state index is 0.305. The topological polar surface area (TPSA) is 46.5 Å². The number of benzene rings is 2. The van der Waals surface area contributed by atoms with Crippen molar-refractivity contribution in [2.24, 2.45) is 0 Å². The first-order chi connectivity index (χ1) is 9.56. The Balaban J connectivity index is 1.94. The van der Waals surface area contributed by atoms with Crippen molar-refractivity contribution in [3.8, 4) is 0 Å². The zero-order valence-corrected chi connectivity index (χ0v) is 12.7. The van der Waals surface area contributed by atoms with E-state index in [4.69, 9.17) is 9.84 Å². The summed E-state index contributed by atoms with van der Waals surface area (Å²) in [5.41, 5.74) is 3.35. The fourth-order valence-electron chi connectivity index (χ4n) is 1.85. The highest BCUT2D eigenvalue weighted by Gasteiger charge is 2.05. The standard InChI is InChI=1S/C16H15BrO3/c1-11-8-13(16(18)19)4-5-14(11)10-20-9-12-2-6-15(17)7-3-12/h2-8H,9-10H2,1H3,(H,18,19). The van der Waals surface area contributed by atoms with Crippen LogP contribution < -0.4 is 0 Å². The van der Waals surface area contributed by atoms with Gasteiger partial charge >= 0.3 is 5.97 Å². The summed E-state index contributed by atoms with van der Waals surface area (Å²) in [6.07, 6.45) is 0. The second kappa shape index (κ2) is 6.68. The van der Waals surface area contributed by atoms with Crippen LogP contribution in [0.3, 0.4) is 0 Å². The molecule has 0 amide bonds. The average Bonchev–Trinajstić information content (AvgIpc) is 2.42. The van der Waals surface area contributed by atoms with Gasteiger partial charge in [-0.05, 0) is 47.9 Å². The molecule has 0 bridgehead atoms. The van der Waals surface area contributed by atoms with Gasteiger partial charge in [-0.15, -0.1) is 0 Å². The van der Waals surface area contributed by atoms with Crippen LogP contribution in [-0.2, 0) is 18.0 Å². The molecule has 104 valence electrons. The largest absolute Gasteiger partial charge is 0.478 e. The second-order valence-corrected chi connectivity index (χ2v) is 5.48. The van der Waals surface area contributed by atoms with Crippen molar-refractivity contribution in [2.75, 3.05) is 0 Å². The Kier molecular flexibility index (Phi) is 4.93. The van der Waals surface area contributed by atoms with Gasteiger partial charge in [0.15, 0.2) is 0 Å². The highest BCUT2D eigenvalue weighted by Crippen LogP contribution is 2.15. The minimum atomic E-state index is -0.907. The van der Waals surface area contributed by atoms with Crippen molar-refractivity contribution in [1.29, 1.82) is 0 Å². The summed E-state index contributed by atoms with van der Waals surface area (Å²) in [5.74, 6) is -0.907. The van der Waals surface area contributed by atoms with Crippen molar-refractivity contribution in [1.82, 2.24) is 0 Å². The molecule has 1 N–H and O–H groups in total. The van der Waals surface area contributed by atoms with E-state index in [1.165, 1.54) is 0 Å². The molecule has 0 fully saturated rings. The SMILES string of the molecule is Cc1cc(C(=O)O)ccc1COCc1ccc(Br)cc1. The first-order valence-electron chi connectivity index (χ1n) is 6.21. The molecule has 0 spiro atoms. The Morgan fingerprint density at radius 2 is 1.85 bits per heavy atom. The molecule has 2 rings (SSSR count). The number of halogens is 1. The quantitative estimate of drug-likeness (QED) is 0.892. The molecular weight excluding hydrogens is 320 g/mol. The van der Waals surface area contributed by atoms with Gasteiger partial charge in [-0.1, -0.05) is 34.1 Å². The molecule has 20 heavy (non-hydrogen) atoms. The van der Waals surface area contributed by atoms with Gasteiger partial charge in [0, 0.05) is 4.47 Å². The van der Waals surface area contributed by atoms with Crippen LogP contribution in [0.4, 0.5) is 0 Å². The van der Waals surface area contributed by atoms with Gasteiger partial charge in [0.05, 0.1) is 18.8 Å². The van der Waals surface area contributed by atoms with Crippen LogP contribution in [0, 0.1) is 6.92 Å². The van der Waals surface area contributed by atoms with Gasteiger partial charge in [-0.25, -0.2) is 4.79 Å². The van der Waals surface area contributed by atoms with E-state index < -0.39 is 5.97 Å². The molecule has 0 heterocycles. The predicted molar refractivity (Wildman–Crippen MR) is 80.8 cm³/mol. The molecular formula is C16H15BrO3. The predicted octanol–water partition coefficient (Wildman–Crippen LogP) is 4.17. The molecule has 0 aliphatic heterocycles. The van der Waals surface area contributed by atoms with Crippen LogP contribution in [-0.4, -0.2) is 11.1 Å². The summed E-state index contributed by atoms with van der Waals surface area (Å²) in [6, 6.07) is 13.0. The molecule has 0 aliphatic rings. The van der Waals surface area contributed by atoms with Crippen molar-refractivity contribution in [3.63, 3.8) is 0 Å². The Hall–Kier alpha value is -1.65. The molecule has 2 aromatic rings. The van der Waals surface area contributed by atoms with E-state index in [-0.39, 0.29) is 0 Å². The Bertz CT molecular complexity index is 606. The summed E-state index contributed by atoms with van der Waals surface area (Å²) in [6.45, 7) is 2.90. The van der Waals surface area contributed by atoms with Crippen LogP contribution in [0.1, 0.15) is 27.0 Å². The monoisotopic (exact) mass is 334 g/mol. The van der Waals surface area contributed by atoms with Gasteiger partial charge < -0.3 is 9.84 Å². The second-order valence-electron chi connectivity index (χ2n) is 4.57. The lowest BCUT2D eigenvalue weighted by molar-refractivity contribution is 0.0696. The molecule has 0 aromatic heterocycles. The Morgan fingerprint density at radius 1 is 1.15 bits per heavy atom. The lowest BCUT2D eigenvalue weighted by Crippen LogP contribution is -2.00. The van der Waals surface area contributed by atoms with Gasteiger partial charge in [-0.3, -0.25) is 0 Å². The van der Waals surface area contributed by atoms with E-state index in [0.29, 0.717) is 18.8 Å². The van der Waals surface area contributed by atoms with Crippen LogP contribution >= 0.6 is 15.9 Å². The molecule has 0 saturated carbocycles. The normalized spacial score (nSPS) is 10.5. The number of aryl methyl sites for hydroxylation is 1. The van der Waals surface area contributed by atoms with Crippen LogP contribution in [0.15, 0.2) is 46.9 Å². The van der Waals surface area contributed by atoms with E-state index in [0.717, 1.165) is 21.2 Å². The molecule has 0 radical (unpaired) electrons. The lowest BCUT2D eigenvalue weighted by atomic mass is 10.1. The molecule has 0 unspecified atom stereocenters. The fourth-order valence-corrected chi connectivity index (χ4v) is 2.11. The van der Waals surface area contributed by atoms with Crippen molar-refractivity contribution >= 4 is 21.9 Å². The number of carboxylic acid groups (broad SMARTS) is 1. The molecule has 0 saturated heterocycles. The number of hydrogen-bond acceptors (Lipinski definition) is 2. The van der Waals surface area contributed by atoms with Crippen LogP contribution in [0.5, 0.6) is 0 Å². The van der Waals surface area contributed by atoms with E-state index in [2.05, 4.69) is 15.9 Å². The van der Waals surface area contributed by atoms with E-state index in [1.807, 2.05) is 31.2 Å². The van der Waals surface area contributed by atoms with E-state index in [1.54, 1.807) is 18.2 Å². The highest BCUT2D eigenvalue weighted by molar-refractivity contribution is 9.10. The Labute approximate surface area is 126 Å². The average molecular weight is 335 g/mol. The summed E-state index contributed by atoms with van der Waals surface area (Å²) < 4.78 is 6.71. The third kappa shape index (κ3) is 3.92. The smallest absolute Gasteiger partial charge is 0.335 e. The van der Waals surface area contributed by atoms with Crippen LogP contribution in [0.2, 0.25) is 0 Å². The third-order valence-electron chi connectivity index (χ3n) is 3.03. The number of ether oxygens (including phenoxy) is 1. The molecule has 2 aromatic carbocycles. The first-order valence-corrected chi connectivity index (χ1v) is 7.00. The zero-order valence-electron chi connectivity index (χ0n) is 11.1. The van der Waals surface area contributed by atoms with Crippen LogP contribution in [0.25, 0.3) is 0 Å². The number of rotatable bonds is 5. The number of aromatic carboxylic acids is 1.